The molecule has 0 aliphatic heterocycles. The lowest BCUT2D eigenvalue weighted by Crippen LogP contribution is -2.30. The zero-order valence-corrected chi connectivity index (χ0v) is 11.9. The molecule has 1 N–H and O–H groups in total. The Bertz CT molecular complexity index is 343. The van der Waals surface area contributed by atoms with Gasteiger partial charge in [-0.3, -0.25) is 4.68 Å². The van der Waals surface area contributed by atoms with E-state index < -0.39 is 0 Å². The van der Waals surface area contributed by atoms with Gasteiger partial charge in [-0.2, -0.15) is 5.10 Å². The fourth-order valence-electron chi connectivity index (χ4n) is 1.95. The summed E-state index contributed by atoms with van der Waals surface area (Å²) in [6.45, 7) is 10.7. The van der Waals surface area contributed by atoms with Gasteiger partial charge >= 0.3 is 0 Å². The summed E-state index contributed by atoms with van der Waals surface area (Å²) in [5.41, 5.74) is 3.84. The summed E-state index contributed by atoms with van der Waals surface area (Å²) in [5, 5.41) is 7.92. The fourth-order valence-corrected chi connectivity index (χ4v) is 1.95. The number of nitrogens with one attached hydrogen (secondary N) is 1. The van der Waals surface area contributed by atoms with Gasteiger partial charge in [0.25, 0.3) is 0 Å². The van der Waals surface area contributed by atoms with Crippen LogP contribution in [-0.4, -0.2) is 47.9 Å². The maximum Gasteiger partial charge on any atom is 0.0628 e. The molecule has 0 aliphatic carbocycles. The Hall–Kier alpha value is -0.870. The average molecular weight is 238 g/mol. The summed E-state index contributed by atoms with van der Waals surface area (Å²) in [4.78, 5) is 2.31. The lowest BCUT2D eigenvalue weighted by molar-refractivity contribution is 0.349. The molecule has 98 valence electrons. The maximum atomic E-state index is 4.43. The Kier molecular flexibility index (Phi) is 5.65. The highest BCUT2D eigenvalue weighted by Gasteiger charge is 2.08. The fraction of sp³-hybridized carbons (Fsp3) is 0.769. The standard InChI is InChI=1S/C13H26N4/c1-6-16(4)10-9-14-8-7-13-11(2)15-17(5)12(13)3/h14H,6-10H2,1-5H3. The lowest BCUT2D eigenvalue weighted by atomic mass is 10.1. The van der Waals surface area contributed by atoms with Crippen molar-refractivity contribution in [2.45, 2.75) is 27.2 Å². The summed E-state index contributed by atoms with van der Waals surface area (Å²) in [6, 6.07) is 0. The lowest BCUT2D eigenvalue weighted by Gasteiger charge is -2.13. The largest absolute Gasteiger partial charge is 0.315 e. The van der Waals surface area contributed by atoms with Crippen molar-refractivity contribution in [3.8, 4) is 0 Å². The van der Waals surface area contributed by atoms with Crippen molar-refractivity contribution >= 4 is 0 Å². The van der Waals surface area contributed by atoms with Crippen molar-refractivity contribution in [2.75, 3.05) is 33.2 Å². The molecule has 1 rings (SSSR count). The van der Waals surface area contributed by atoms with Gasteiger partial charge in [-0.15, -0.1) is 0 Å². The highest BCUT2D eigenvalue weighted by Crippen LogP contribution is 2.11. The molecule has 0 atom stereocenters. The molecule has 4 nitrogen and oxygen atoms in total. The van der Waals surface area contributed by atoms with E-state index in [-0.39, 0.29) is 0 Å². The third kappa shape index (κ3) is 4.13. The Morgan fingerprint density at radius 2 is 2.00 bits per heavy atom. The molecule has 0 aromatic carbocycles. The van der Waals surface area contributed by atoms with Gasteiger partial charge in [0.2, 0.25) is 0 Å². The monoisotopic (exact) mass is 238 g/mol. The summed E-state index contributed by atoms with van der Waals surface area (Å²) < 4.78 is 1.97. The third-order valence-electron chi connectivity index (χ3n) is 3.42. The van der Waals surface area contributed by atoms with Gasteiger partial charge < -0.3 is 10.2 Å². The zero-order valence-electron chi connectivity index (χ0n) is 11.9. The predicted molar refractivity (Wildman–Crippen MR) is 72.4 cm³/mol. The van der Waals surface area contributed by atoms with Crippen LogP contribution in [0.1, 0.15) is 23.9 Å². The van der Waals surface area contributed by atoms with Gasteiger partial charge in [-0.05, 0) is 46.0 Å². The van der Waals surface area contributed by atoms with Crippen LogP contribution < -0.4 is 5.32 Å². The van der Waals surface area contributed by atoms with Crippen LogP contribution in [0.3, 0.4) is 0 Å². The zero-order chi connectivity index (χ0) is 12.8. The molecule has 0 unspecified atom stereocenters. The molecule has 0 amide bonds. The molecule has 4 heteroatoms. The van der Waals surface area contributed by atoms with Gasteiger partial charge in [0, 0.05) is 25.8 Å². The number of hydrogen-bond acceptors (Lipinski definition) is 3. The summed E-state index contributed by atoms with van der Waals surface area (Å²) >= 11 is 0. The molecule has 1 heterocycles. The Morgan fingerprint density at radius 3 is 2.53 bits per heavy atom. The van der Waals surface area contributed by atoms with Gasteiger partial charge in [0.05, 0.1) is 5.69 Å². The number of aromatic nitrogens is 2. The molecular weight excluding hydrogens is 212 g/mol. The number of nitrogens with zero attached hydrogens (tertiary/aromatic N) is 3. The normalized spacial score (nSPS) is 11.4. The molecule has 0 radical (unpaired) electrons. The van der Waals surface area contributed by atoms with E-state index in [1.807, 2.05) is 11.7 Å². The first-order valence-corrected chi connectivity index (χ1v) is 6.44. The number of likely N-dealkylation sites (N-methyl/N-ethyl adjacent to an activating group) is 1. The Morgan fingerprint density at radius 1 is 1.29 bits per heavy atom. The molecule has 0 fully saturated rings. The van der Waals surface area contributed by atoms with Crippen LogP contribution in [0.15, 0.2) is 0 Å². The topological polar surface area (TPSA) is 33.1 Å². The van der Waals surface area contributed by atoms with Crippen LogP contribution in [0.25, 0.3) is 0 Å². The van der Waals surface area contributed by atoms with Crippen molar-refractivity contribution in [1.29, 1.82) is 0 Å². The van der Waals surface area contributed by atoms with Gasteiger partial charge in [-0.1, -0.05) is 6.92 Å². The maximum absolute atomic E-state index is 4.43. The van der Waals surface area contributed by atoms with Crippen molar-refractivity contribution < 1.29 is 0 Å². The number of rotatable bonds is 7. The van der Waals surface area contributed by atoms with Crippen LogP contribution in [0.2, 0.25) is 0 Å². The van der Waals surface area contributed by atoms with E-state index >= 15 is 0 Å². The summed E-state index contributed by atoms with van der Waals surface area (Å²) in [5.74, 6) is 0. The van der Waals surface area contributed by atoms with E-state index in [1.54, 1.807) is 0 Å². The second-order valence-corrected chi connectivity index (χ2v) is 4.67. The van der Waals surface area contributed by atoms with E-state index in [0.29, 0.717) is 0 Å². The van der Waals surface area contributed by atoms with E-state index in [4.69, 9.17) is 0 Å². The smallest absolute Gasteiger partial charge is 0.0628 e. The molecule has 0 aliphatic rings. The number of hydrogen-bond donors (Lipinski definition) is 1. The van der Waals surface area contributed by atoms with Crippen LogP contribution in [0, 0.1) is 13.8 Å². The summed E-state index contributed by atoms with van der Waals surface area (Å²) in [7, 11) is 4.16. The van der Waals surface area contributed by atoms with Crippen LogP contribution in [-0.2, 0) is 13.5 Å². The van der Waals surface area contributed by atoms with Crippen molar-refractivity contribution in [1.82, 2.24) is 20.0 Å². The Labute approximate surface area is 105 Å². The molecular formula is C13H26N4. The van der Waals surface area contributed by atoms with Crippen molar-refractivity contribution in [3.63, 3.8) is 0 Å². The number of aryl methyl sites for hydroxylation is 2. The van der Waals surface area contributed by atoms with E-state index in [0.717, 1.165) is 38.3 Å². The minimum absolute atomic E-state index is 1.03. The highest BCUT2D eigenvalue weighted by molar-refractivity contribution is 5.24. The molecule has 1 aromatic rings. The molecule has 0 bridgehead atoms. The highest BCUT2D eigenvalue weighted by atomic mass is 15.3. The Balaban J connectivity index is 2.27. The summed E-state index contributed by atoms with van der Waals surface area (Å²) in [6.07, 6.45) is 1.07. The SMILES string of the molecule is CCN(C)CCNCCc1c(C)nn(C)c1C. The van der Waals surface area contributed by atoms with Gasteiger partial charge in [0.15, 0.2) is 0 Å². The minimum Gasteiger partial charge on any atom is -0.315 e. The van der Waals surface area contributed by atoms with Gasteiger partial charge in [0.1, 0.15) is 0 Å². The van der Waals surface area contributed by atoms with Crippen molar-refractivity contribution in [2.24, 2.45) is 7.05 Å². The predicted octanol–water partition coefficient (Wildman–Crippen LogP) is 1.12. The van der Waals surface area contributed by atoms with Crippen LogP contribution >= 0.6 is 0 Å². The molecule has 0 spiro atoms. The minimum atomic E-state index is 1.03. The molecule has 0 saturated heterocycles. The van der Waals surface area contributed by atoms with E-state index in [1.165, 1.54) is 11.3 Å². The first-order chi connectivity index (χ1) is 8.06. The van der Waals surface area contributed by atoms with Gasteiger partial charge in [-0.25, -0.2) is 0 Å². The molecule has 1 aromatic heterocycles. The second-order valence-electron chi connectivity index (χ2n) is 4.67. The molecule has 17 heavy (non-hydrogen) atoms. The third-order valence-corrected chi connectivity index (χ3v) is 3.42. The van der Waals surface area contributed by atoms with E-state index in [9.17, 15) is 0 Å². The van der Waals surface area contributed by atoms with Crippen LogP contribution in [0.4, 0.5) is 0 Å². The molecule has 0 saturated carbocycles. The van der Waals surface area contributed by atoms with E-state index in [2.05, 4.69) is 43.1 Å². The van der Waals surface area contributed by atoms with Crippen LogP contribution in [0.5, 0.6) is 0 Å². The quantitative estimate of drug-likeness (QED) is 0.723. The second kappa shape index (κ2) is 6.77. The first-order valence-electron chi connectivity index (χ1n) is 6.44. The first kappa shape index (κ1) is 14.2. The van der Waals surface area contributed by atoms with Crippen molar-refractivity contribution in [3.05, 3.63) is 17.0 Å². The average Bonchev–Trinajstić information content (AvgIpc) is 2.54.